The predicted molar refractivity (Wildman–Crippen MR) is 137 cm³/mol. The van der Waals surface area contributed by atoms with Crippen molar-refractivity contribution >= 4 is 35.1 Å². The van der Waals surface area contributed by atoms with Gasteiger partial charge in [-0.15, -0.1) is 6.92 Å². The zero-order chi connectivity index (χ0) is 23.5. The molecule has 0 amide bonds. The van der Waals surface area contributed by atoms with Gasteiger partial charge < -0.3 is 0 Å². The number of aryl methyl sites for hydroxylation is 6. The monoisotopic (exact) mass is 547 g/mol. The summed E-state index contributed by atoms with van der Waals surface area (Å²) >= 11 is -2.12. The van der Waals surface area contributed by atoms with Crippen LogP contribution in [0.15, 0.2) is 35.9 Å². The molecule has 1 heterocycles. The van der Waals surface area contributed by atoms with Crippen LogP contribution in [0.1, 0.15) is 47.2 Å². The molecule has 1 saturated heterocycles. The molecule has 31 heavy (non-hydrogen) atoms. The van der Waals surface area contributed by atoms with Gasteiger partial charge in [0.25, 0.3) is 0 Å². The van der Waals surface area contributed by atoms with Crippen LogP contribution in [0.5, 0.6) is 0 Å². The van der Waals surface area contributed by atoms with Gasteiger partial charge in [0.2, 0.25) is 0 Å². The maximum absolute atomic E-state index is 6.63. The second-order valence-electron chi connectivity index (χ2n) is 8.38. The molecule has 2 aromatic rings. The molecule has 0 aliphatic carbocycles. The number of nitrogens with zero attached hydrogens (tertiary/aromatic N) is 2. The molecule has 1 fully saturated rings. The number of benzene rings is 2. The first kappa shape index (κ1) is 26.0. The third-order valence-corrected chi connectivity index (χ3v) is 8.34. The summed E-state index contributed by atoms with van der Waals surface area (Å²) in [6.45, 7) is 22.4. The zero-order valence-electron chi connectivity index (χ0n) is 20.0. The minimum absolute atomic E-state index is 0.914. The summed E-state index contributed by atoms with van der Waals surface area (Å²) < 4.78 is 1.10. The van der Waals surface area contributed by atoms with Crippen LogP contribution in [0.2, 0.25) is 0 Å². The van der Waals surface area contributed by atoms with Gasteiger partial charge >= 0.3 is 171 Å². The van der Waals surface area contributed by atoms with Crippen LogP contribution in [0.25, 0.3) is 0 Å². The second kappa shape index (κ2) is 11.0. The number of rotatable bonds is 2. The smallest absolute Gasteiger partial charge is 0.0735 e. The van der Waals surface area contributed by atoms with Crippen LogP contribution in [-0.4, -0.2) is 17.4 Å². The minimum Gasteiger partial charge on any atom is -0.242 e. The predicted octanol–water partition coefficient (Wildman–Crippen LogP) is 7.66. The Morgan fingerprint density at radius 3 is 1.32 bits per heavy atom. The Hall–Kier alpha value is -1.28. The molecular formula is C26H35Cl2N2Ru-. The summed E-state index contributed by atoms with van der Waals surface area (Å²) in [6.07, 6.45) is 1.97. The van der Waals surface area contributed by atoms with Gasteiger partial charge in [-0.05, 0) is 0 Å². The average molecular weight is 548 g/mol. The number of anilines is 2. The second-order valence-corrected chi connectivity index (χ2v) is 14.0. The topological polar surface area (TPSA) is 6.48 Å². The molecule has 0 unspecified atom stereocenters. The molecule has 0 radical (unpaired) electrons. The Bertz CT molecular complexity index is 903. The van der Waals surface area contributed by atoms with E-state index in [0.29, 0.717) is 0 Å². The summed E-state index contributed by atoms with van der Waals surface area (Å²) in [6, 6.07) is 8.96. The molecule has 0 N–H and O–H groups in total. The van der Waals surface area contributed by atoms with Gasteiger partial charge in [0.1, 0.15) is 0 Å². The summed E-state index contributed by atoms with van der Waals surface area (Å²) in [5.41, 5.74) is 11.3. The van der Waals surface area contributed by atoms with Gasteiger partial charge in [0.05, 0.1) is 0 Å². The molecule has 3 rings (SSSR count). The van der Waals surface area contributed by atoms with Crippen molar-refractivity contribution in [2.24, 2.45) is 0 Å². The Morgan fingerprint density at radius 2 is 1.10 bits per heavy atom. The minimum atomic E-state index is -2.12. The molecule has 0 aromatic heterocycles. The first-order valence-corrected chi connectivity index (χ1v) is 15.8. The van der Waals surface area contributed by atoms with Crippen LogP contribution in [0.3, 0.4) is 0 Å². The van der Waals surface area contributed by atoms with E-state index in [-0.39, 0.29) is 0 Å². The summed E-state index contributed by atoms with van der Waals surface area (Å²) in [5.74, 6) is 0. The fourth-order valence-electron chi connectivity index (χ4n) is 4.27. The Balaban J connectivity index is 0.000000614. The van der Waals surface area contributed by atoms with Crippen LogP contribution in [0, 0.1) is 48.5 Å². The summed E-state index contributed by atoms with van der Waals surface area (Å²) in [7, 11) is 13.3. The van der Waals surface area contributed by atoms with E-state index in [9.17, 15) is 0 Å². The van der Waals surface area contributed by atoms with Crippen molar-refractivity contribution in [1.82, 2.24) is 0 Å². The van der Waals surface area contributed by atoms with Crippen LogP contribution < -0.4 is 9.80 Å². The van der Waals surface area contributed by atoms with E-state index in [0.717, 1.165) is 23.0 Å². The first-order chi connectivity index (χ1) is 14.5. The molecule has 1 aliphatic rings. The van der Waals surface area contributed by atoms with E-state index < -0.39 is 13.5 Å². The third kappa shape index (κ3) is 6.16. The molecule has 1 aliphatic heterocycles. The third-order valence-electron chi connectivity index (χ3n) is 5.40. The molecule has 5 heteroatoms. The molecule has 2 aromatic carbocycles. The standard InChI is InChI=1S/C21H26N2.C5H9.2ClH.Ru/c1-14-9-16(3)20(17(4)10-14)22-7-8-23(13-22)21-18(5)11-15(2)12-19(21)6;1-4-5(2)3;;;/h9-12H,7-8H2,1-6H3;4H,2H2,1,3H3;2*1H;/q;-1;;;+2/p-2. The van der Waals surface area contributed by atoms with Crippen molar-refractivity contribution in [2.45, 2.75) is 55.4 Å². The van der Waals surface area contributed by atoms with Crippen LogP contribution in [-0.2, 0) is 13.5 Å². The average Bonchev–Trinajstić information content (AvgIpc) is 3.04. The summed E-state index contributed by atoms with van der Waals surface area (Å²) in [5, 5.41) is 0. The molecule has 0 bridgehead atoms. The van der Waals surface area contributed by atoms with Gasteiger partial charge in [-0.3, -0.25) is 0 Å². The fraction of sp³-hybridized carbons (Fsp3) is 0.385. The zero-order valence-corrected chi connectivity index (χ0v) is 23.3. The maximum Gasteiger partial charge on any atom is -0.0735 e. The number of allylic oxidation sites excluding steroid dienone is 2. The van der Waals surface area contributed by atoms with Gasteiger partial charge in [0, 0.05) is 0 Å². The first-order valence-electron chi connectivity index (χ1n) is 10.5. The van der Waals surface area contributed by atoms with Crippen molar-refractivity contribution in [1.29, 1.82) is 0 Å². The van der Waals surface area contributed by atoms with Crippen molar-refractivity contribution in [2.75, 3.05) is 22.9 Å². The van der Waals surface area contributed by atoms with Gasteiger partial charge in [-0.2, -0.15) is 0 Å². The van der Waals surface area contributed by atoms with Crippen molar-refractivity contribution in [3.63, 3.8) is 0 Å². The molecule has 2 nitrogen and oxygen atoms in total. The normalized spacial score (nSPS) is 14.6. The van der Waals surface area contributed by atoms with E-state index in [1.165, 1.54) is 44.8 Å². The molecular weight excluding hydrogens is 512 g/mol. The maximum atomic E-state index is 6.63. The number of hydrogen-bond donors (Lipinski definition) is 0. The van der Waals surface area contributed by atoms with Crippen molar-refractivity contribution in [3.05, 3.63) is 76.2 Å². The van der Waals surface area contributed by atoms with Crippen molar-refractivity contribution in [3.8, 4) is 0 Å². The Morgan fingerprint density at radius 1 is 0.806 bits per heavy atom. The molecule has 172 valence electrons. The van der Waals surface area contributed by atoms with Crippen molar-refractivity contribution < 1.29 is 13.5 Å². The molecule has 0 saturated carbocycles. The Labute approximate surface area is 202 Å². The fourth-order valence-corrected chi connectivity index (χ4v) is 7.46. The van der Waals surface area contributed by atoms with Gasteiger partial charge in [-0.25, -0.2) is 18.6 Å². The number of hydrogen-bond acceptors (Lipinski definition) is 2. The van der Waals surface area contributed by atoms with Gasteiger partial charge in [-0.1, -0.05) is 6.92 Å². The molecule has 0 spiro atoms. The quantitative estimate of drug-likeness (QED) is 0.281. The van der Waals surface area contributed by atoms with E-state index in [2.05, 4.69) is 82.5 Å². The van der Waals surface area contributed by atoms with Crippen LogP contribution >= 0.6 is 19.4 Å². The van der Waals surface area contributed by atoms with Crippen LogP contribution in [0.4, 0.5) is 11.4 Å². The largest absolute Gasteiger partial charge is 0.242 e. The van der Waals surface area contributed by atoms with E-state index in [1.54, 1.807) is 0 Å². The van der Waals surface area contributed by atoms with Gasteiger partial charge in [0.15, 0.2) is 0 Å². The van der Waals surface area contributed by atoms with E-state index >= 15 is 0 Å². The van der Waals surface area contributed by atoms with E-state index in [4.69, 9.17) is 19.4 Å². The van der Waals surface area contributed by atoms with E-state index in [1.807, 2.05) is 19.9 Å². The Kier molecular flexibility index (Phi) is 9.25. The SMILES string of the molecule is Cc1cc(C)c(N2CCN(c3c(C)cc(C)cc3C)[C]2=[Ru]([Cl])[Cl])c(C)c1.[CH2-]C(C)=CC. The molecule has 0 atom stereocenters. The summed E-state index contributed by atoms with van der Waals surface area (Å²) in [4.78, 5) is 4.73. The number of halogens is 2.